The maximum absolute atomic E-state index is 5.89. The Bertz CT molecular complexity index is 145. The summed E-state index contributed by atoms with van der Waals surface area (Å²) in [5.41, 5.74) is 6.07. The molecule has 0 aliphatic rings. The number of rotatable bonds is 7. The molecular formula is C12H28N2. The van der Waals surface area contributed by atoms with Gasteiger partial charge >= 0.3 is 0 Å². The number of likely N-dealkylation sites (N-methyl/N-ethyl adjacent to an activating group) is 1. The Morgan fingerprint density at radius 1 is 1.29 bits per heavy atom. The highest BCUT2D eigenvalue weighted by Crippen LogP contribution is 2.22. The monoisotopic (exact) mass is 200 g/mol. The molecule has 0 aromatic heterocycles. The van der Waals surface area contributed by atoms with Crippen molar-refractivity contribution in [3.8, 4) is 0 Å². The van der Waals surface area contributed by atoms with Crippen LogP contribution >= 0.6 is 0 Å². The van der Waals surface area contributed by atoms with E-state index in [4.69, 9.17) is 5.73 Å². The van der Waals surface area contributed by atoms with Gasteiger partial charge in [0.2, 0.25) is 0 Å². The van der Waals surface area contributed by atoms with Crippen LogP contribution in [-0.4, -0.2) is 30.1 Å². The molecular weight excluding hydrogens is 172 g/mol. The summed E-state index contributed by atoms with van der Waals surface area (Å²) in [6.07, 6.45) is 5.11. The predicted molar refractivity (Wildman–Crippen MR) is 64.5 cm³/mol. The molecule has 0 saturated heterocycles. The summed E-state index contributed by atoms with van der Waals surface area (Å²) in [5.74, 6) is 0. The van der Waals surface area contributed by atoms with Crippen LogP contribution in [0.5, 0.6) is 0 Å². The van der Waals surface area contributed by atoms with Gasteiger partial charge in [-0.3, -0.25) is 4.90 Å². The molecule has 0 radical (unpaired) electrons. The number of nitrogens with zero attached hydrogens (tertiary/aromatic N) is 1. The van der Waals surface area contributed by atoms with E-state index in [0.29, 0.717) is 6.04 Å². The molecule has 2 N–H and O–H groups in total. The van der Waals surface area contributed by atoms with Gasteiger partial charge in [-0.05, 0) is 34.2 Å². The molecule has 14 heavy (non-hydrogen) atoms. The fourth-order valence-corrected chi connectivity index (χ4v) is 1.80. The lowest BCUT2D eigenvalue weighted by molar-refractivity contribution is 0.0973. The minimum Gasteiger partial charge on any atom is -0.329 e. The van der Waals surface area contributed by atoms with E-state index >= 15 is 0 Å². The molecule has 2 heteroatoms. The number of unbranched alkanes of at least 4 members (excludes halogenated alkanes) is 2. The van der Waals surface area contributed by atoms with Crippen LogP contribution < -0.4 is 5.73 Å². The molecule has 0 aromatic carbocycles. The van der Waals surface area contributed by atoms with Crippen molar-refractivity contribution in [2.75, 3.05) is 13.6 Å². The van der Waals surface area contributed by atoms with Crippen LogP contribution in [0.3, 0.4) is 0 Å². The van der Waals surface area contributed by atoms with Crippen molar-refractivity contribution in [2.45, 2.75) is 65.0 Å². The van der Waals surface area contributed by atoms with Crippen LogP contribution in [0.2, 0.25) is 0 Å². The topological polar surface area (TPSA) is 29.3 Å². The average molecular weight is 200 g/mol. The summed E-state index contributed by atoms with van der Waals surface area (Å²) in [6, 6.07) is 0.574. The lowest BCUT2D eigenvalue weighted by Crippen LogP contribution is -2.52. The Balaban J connectivity index is 4.16. The Morgan fingerprint density at radius 2 is 1.86 bits per heavy atom. The molecule has 86 valence electrons. The zero-order valence-electron chi connectivity index (χ0n) is 10.6. The number of nitrogens with two attached hydrogens (primary N) is 1. The molecule has 0 amide bonds. The van der Waals surface area contributed by atoms with Gasteiger partial charge < -0.3 is 5.73 Å². The molecule has 0 heterocycles. The largest absolute Gasteiger partial charge is 0.329 e. The van der Waals surface area contributed by atoms with E-state index in [1.165, 1.54) is 25.7 Å². The Kier molecular flexibility index (Phi) is 6.38. The third-order valence-corrected chi connectivity index (χ3v) is 3.38. The molecule has 1 unspecified atom stereocenters. The van der Waals surface area contributed by atoms with Gasteiger partial charge in [-0.2, -0.15) is 0 Å². The van der Waals surface area contributed by atoms with E-state index in [9.17, 15) is 0 Å². The van der Waals surface area contributed by atoms with E-state index in [-0.39, 0.29) is 5.54 Å². The first-order chi connectivity index (χ1) is 6.48. The van der Waals surface area contributed by atoms with Crippen LogP contribution in [0.15, 0.2) is 0 Å². The number of hydrogen-bond donors (Lipinski definition) is 1. The summed E-state index contributed by atoms with van der Waals surface area (Å²) in [5, 5.41) is 0. The summed E-state index contributed by atoms with van der Waals surface area (Å²) >= 11 is 0. The third kappa shape index (κ3) is 3.97. The highest BCUT2D eigenvalue weighted by Gasteiger charge is 2.28. The van der Waals surface area contributed by atoms with Gasteiger partial charge in [0, 0.05) is 18.1 Å². The van der Waals surface area contributed by atoms with Crippen molar-refractivity contribution >= 4 is 0 Å². The van der Waals surface area contributed by atoms with Gasteiger partial charge in [-0.15, -0.1) is 0 Å². The van der Waals surface area contributed by atoms with Crippen LogP contribution in [0.1, 0.15) is 53.4 Å². The molecule has 0 aliphatic carbocycles. The van der Waals surface area contributed by atoms with Crippen molar-refractivity contribution in [3.05, 3.63) is 0 Å². The summed E-state index contributed by atoms with van der Waals surface area (Å²) in [4.78, 5) is 2.41. The Morgan fingerprint density at radius 3 is 2.21 bits per heavy atom. The molecule has 0 rings (SSSR count). The van der Waals surface area contributed by atoms with E-state index in [0.717, 1.165) is 6.54 Å². The molecule has 0 spiro atoms. The normalized spacial score (nSPS) is 16.3. The third-order valence-electron chi connectivity index (χ3n) is 3.38. The van der Waals surface area contributed by atoms with Crippen molar-refractivity contribution in [3.63, 3.8) is 0 Å². The highest BCUT2D eigenvalue weighted by atomic mass is 15.2. The molecule has 0 fully saturated rings. The lowest BCUT2D eigenvalue weighted by Gasteiger charge is -2.41. The van der Waals surface area contributed by atoms with Crippen molar-refractivity contribution in [1.29, 1.82) is 0 Å². The summed E-state index contributed by atoms with van der Waals surface area (Å²) in [6.45, 7) is 9.74. The van der Waals surface area contributed by atoms with Gasteiger partial charge in [-0.1, -0.05) is 26.2 Å². The second kappa shape index (κ2) is 6.41. The fraction of sp³-hybridized carbons (Fsp3) is 1.00. The van der Waals surface area contributed by atoms with Gasteiger partial charge in [0.1, 0.15) is 0 Å². The maximum atomic E-state index is 5.89. The molecule has 0 bridgehead atoms. The first-order valence-corrected chi connectivity index (χ1v) is 5.91. The summed E-state index contributed by atoms with van der Waals surface area (Å²) in [7, 11) is 2.18. The van der Waals surface area contributed by atoms with Crippen molar-refractivity contribution in [2.24, 2.45) is 5.73 Å². The lowest BCUT2D eigenvalue weighted by atomic mass is 9.91. The van der Waals surface area contributed by atoms with Gasteiger partial charge in [0.05, 0.1) is 0 Å². The standard InChI is InChI=1S/C12H28N2/c1-6-7-8-9-12(4,10-13)14(5)11(2)3/h11H,6-10,13H2,1-5H3. The van der Waals surface area contributed by atoms with Crippen LogP contribution in [0.4, 0.5) is 0 Å². The number of hydrogen-bond acceptors (Lipinski definition) is 2. The van der Waals surface area contributed by atoms with Crippen molar-refractivity contribution in [1.82, 2.24) is 4.90 Å². The zero-order chi connectivity index (χ0) is 11.2. The predicted octanol–water partition coefficient (Wildman–Crippen LogP) is 2.62. The quantitative estimate of drug-likeness (QED) is 0.640. The molecule has 1 atom stereocenters. The minimum absolute atomic E-state index is 0.184. The van der Waals surface area contributed by atoms with E-state index < -0.39 is 0 Å². The van der Waals surface area contributed by atoms with Crippen LogP contribution in [0, 0.1) is 0 Å². The second-order valence-corrected chi connectivity index (χ2v) is 4.86. The SMILES string of the molecule is CCCCCC(C)(CN)N(C)C(C)C. The second-order valence-electron chi connectivity index (χ2n) is 4.86. The highest BCUT2D eigenvalue weighted by molar-refractivity contribution is 4.86. The molecule has 2 nitrogen and oxygen atoms in total. The maximum Gasteiger partial charge on any atom is 0.0303 e. The van der Waals surface area contributed by atoms with Gasteiger partial charge in [0.25, 0.3) is 0 Å². The minimum atomic E-state index is 0.184. The van der Waals surface area contributed by atoms with E-state index in [1.54, 1.807) is 0 Å². The molecule has 0 saturated carbocycles. The first kappa shape index (κ1) is 13.9. The smallest absolute Gasteiger partial charge is 0.0303 e. The zero-order valence-corrected chi connectivity index (χ0v) is 10.6. The van der Waals surface area contributed by atoms with Gasteiger partial charge in [-0.25, -0.2) is 0 Å². The summed E-state index contributed by atoms with van der Waals surface area (Å²) < 4.78 is 0. The Labute approximate surface area is 89.9 Å². The molecule has 0 aromatic rings. The molecule has 0 aliphatic heterocycles. The van der Waals surface area contributed by atoms with Gasteiger partial charge in [0.15, 0.2) is 0 Å². The van der Waals surface area contributed by atoms with E-state index in [1.807, 2.05) is 0 Å². The van der Waals surface area contributed by atoms with E-state index in [2.05, 4.69) is 39.6 Å². The fourth-order valence-electron chi connectivity index (χ4n) is 1.80. The van der Waals surface area contributed by atoms with Crippen molar-refractivity contribution < 1.29 is 0 Å². The first-order valence-electron chi connectivity index (χ1n) is 5.91. The van der Waals surface area contributed by atoms with Crippen LogP contribution in [0.25, 0.3) is 0 Å². The average Bonchev–Trinajstić information content (AvgIpc) is 2.16. The van der Waals surface area contributed by atoms with Crippen LogP contribution in [-0.2, 0) is 0 Å². The Hall–Kier alpha value is -0.0800.